The molecule has 0 saturated heterocycles. The monoisotopic (exact) mass is 705 g/mol. The van der Waals surface area contributed by atoms with Crippen LogP contribution >= 0.6 is 0 Å². The molecule has 0 amide bonds. The molecule has 0 fully saturated rings. The molecule has 0 heterocycles. The van der Waals surface area contributed by atoms with E-state index in [-0.39, 0.29) is 5.92 Å². The molecule has 0 aliphatic rings. The molecule has 0 aliphatic heterocycles. The van der Waals surface area contributed by atoms with Gasteiger partial charge in [-0.05, 0) is 18.8 Å². The van der Waals surface area contributed by atoms with Crippen molar-refractivity contribution in [3.8, 4) is 0 Å². The lowest BCUT2D eigenvalue weighted by Crippen LogP contribution is -2.20. The maximum atomic E-state index is 11.8. The van der Waals surface area contributed by atoms with Crippen LogP contribution in [-0.4, -0.2) is 11.1 Å². The number of unbranched alkanes of at least 4 members (excludes halogenated alkanes) is 38. The zero-order chi connectivity index (χ0) is 36.4. The first-order chi connectivity index (χ1) is 24.6. The highest BCUT2D eigenvalue weighted by Crippen LogP contribution is 2.26. The third-order valence-corrected chi connectivity index (χ3v) is 12.0. The molecule has 0 aromatic rings. The van der Waals surface area contributed by atoms with Crippen molar-refractivity contribution in [3.63, 3.8) is 0 Å². The molecule has 2 nitrogen and oxygen atoms in total. The fourth-order valence-electron chi connectivity index (χ4n) is 8.17. The van der Waals surface area contributed by atoms with Gasteiger partial charge in [0.2, 0.25) is 0 Å². The second-order valence-corrected chi connectivity index (χ2v) is 16.9. The Hall–Kier alpha value is -0.530. The second kappa shape index (κ2) is 42.9. The number of carboxylic acid groups (broad SMARTS) is 1. The minimum absolute atomic E-state index is 0.185. The summed E-state index contributed by atoms with van der Waals surface area (Å²) in [6.07, 6.45) is 58.7. The Morgan fingerprint density at radius 3 is 0.640 bits per heavy atom. The van der Waals surface area contributed by atoms with Gasteiger partial charge in [0.1, 0.15) is 0 Å². The van der Waals surface area contributed by atoms with Crippen LogP contribution in [-0.2, 0) is 4.79 Å². The molecule has 1 unspecified atom stereocenters. The molecule has 0 aromatic heterocycles. The lowest BCUT2D eigenvalue weighted by atomic mass is 9.84. The average molecular weight is 705 g/mol. The lowest BCUT2D eigenvalue weighted by molar-refractivity contribution is -0.143. The molecule has 1 atom stereocenters. The van der Waals surface area contributed by atoms with E-state index in [4.69, 9.17) is 0 Å². The maximum absolute atomic E-state index is 11.8. The summed E-state index contributed by atoms with van der Waals surface area (Å²) >= 11 is 0. The van der Waals surface area contributed by atoms with Crippen molar-refractivity contribution >= 4 is 5.97 Å². The highest BCUT2D eigenvalue weighted by molar-refractivity contribution is 5.69. The van der Waals surface area contributed by atoms with Crippen molar-refractivity contribution in [3.05, 3.63) is 0 Å². The number of carboxylic acids is 1. The van der Waals surface area contributed by atoms with Crippen molar-refractivity contribution in [2.75, 3.05) is 0 Å². The second-order valence-electron chi connectivity index (χ2n) is 16.9. The molecule has 300 valence electrons. The van der Waals surface area contributed by atoms with Crippen LogP contribution in [0.5, 0.6) is 0 Å². The van der Waals surface area contributed by atoms with Gasteiger partial charge < -0.3 is 5.11 Å². The summed E-state index contributed by atoms with van der Waals surface area (Å²) in [5, 5.41) is 9.68. The molecule has 0 rings (SSSR count). The SMILES string of the molecule is CCCCCCCCCCCCCCCCCCCCCCC(CCCCCCCCCCCCCCCCCCCCCC)C(C)C(=O)O. The van der Waals surface area contributed by atoms with E-state index in [1.807, 2.05) is 6.92 Å². The minimum atomic E-state index is -0.587. The van der Waals surface area contributed by atoms with E-state index in [0.717, 1.165) is 12.8 Å². The third kappa shape index (κ3) is 38.7. The first-order valence-corrected chi connectivity index (χ1v) is 23.9. The van der Waals surface area contributed by atoms with Crippen LogP contribution in [0.25, 0.3) is 0 Å². The van der Waals surface area contributed by atoms with E-state index < -0.39 is 5.97 Å². The molecule has 0 spiro atoms. The molecule has 1 N–H and O–H groups in total. The van der Waals surface area contributed by atoms with Crippen LogP contribution < -0.4 is 0 Å². The first kappa shape index (κ1) is 49.5. The Kier molecular flexibility index (Phi) is 42.4. The van der Waals surface area contributed by atoms with Gasteiger partial charge in [-0.1, -0.05) is 278 Å². The summed E-state index contributed by atoms with van der Waals surface area (Å²) < 4.78 is 0. The molecule has 0 bridgehead atoms. The molecule has 0 saturated carbocycles. The number of carbonyl (C=O) groups is 1. The summed E-state index contributed by atoms with van der Waals surface area (Å²) in [5.74, 6) is -0.398. The summed E-state index contributed by atoms with van der Waals surface area (Å²) in [6.45, 7) is 6.56. The van der Waals surface area contributed by atoms with Gasteiger partial charge in [-0.15, -0.1) is 0 Å². The van der Waals surface area contributed by atoms with Crippen molar-refractivity contribution in [1.29, 1.82) is 0 Å². The highest BCUT2D eigenvalue weighted by atomic mass is 16.4. The molecule has 0 aromatic carbocycles. The standard InChI is InChI=1S/C48H96O2/c1-4-6-8-10-12-14-16-18-20-22-24-26-28-30-32-34-36-38-40-42-44-47(46(3)48(49)50)45-43-41-39-37-35-33-31-29-27-25-23-21-19-17-15-13-11-9-7-5-2/h46-47H,4-45H2,1-3H3,(H,49,50). The van der Waals surface area contributed by atoms with Gasteiger partial charge in [0, 0.05) is 0 Å². The van der Waals surface area contributed by atoms with Crippen molar-refractivity contribution in [1.82, 2.24) is 0 Å². The number of hydrogen-bond acceptors (Lipinski definition) is 1. The lowest BCUT2D eigenvalue weighted by Gasteiger charge is -2.21. The Balaban J connectivity index is 3.52. The Bertz CT molecular complexity index is 586. The number of rotatable bonds is 44. The van der Waals surface area contributed by atoms with Gasteiger partial charge in [0.05, 0.1) is 5.92 Å². The summed E-state index contributed by atoms with van der Waals surface area (Å²) in [7, 11) is 0. The van der Waals surface area contributed by atoms with E-state index >= 15 is 0 Å². The van der Waals surface area contributed by atoms with Crippen LogP contribution in [0.2, 0.25) is 0 Å². The fraction of sp³-hybridized carbons (Fsp3) is 0.979. The normalized spacial score (nSPS) is 12.3. The Morgan fingerprint density at radius 1 is 0.320 bits per heavy atom. The van der Waals surface area contributed by atoms with E-state index in [2.05, 4.69) is 13.8 Å². The van der Waals surface area contributed by atoms with E-state index in [0.29, 0.717) is 5.92 Å². The largest absolute Gasteiger partial charge is 0.481 e. The molecule has 2 heteroatoms. The van der Waals surface area contributed by atoms with Crippen molar-refractivity contribution < 1.29 is 9.90 Å². The quantitative estimate of drug-likeness (QED) is 0.0641. The summed E-state index contributed by atoms with van der Waals surface area (Å²) in [6, 6.07) is 0. The minimum Gasteiger partial charge on any atom is -0.481 e. The van der Waals surface area contributed by atoms with Crippen LogP contribution in [0, 0.1) is 11.8 Å². The summed E-state index contributed by atoms with van der Waals surface area (Å²) in [5.41, 5.74) is 0. The van der Waals surface area contributed by atoms with Gasteiger partial charge in [-0.2, -0.15) is 0 Å². The van der Waals surface area contributed by atoms with Gasteiger partial charge in [0.25, 0.3) is 0 Å². The zero-order valence-corrected chi connectivity index (χ0v) is 35.2. The van der Waals surface area contributed by atoms with Gasteiger partial charge in [0.15, 0.2) is 0 Å². The van der Waals surface area contributed by atoms with Crippen molar-refractivity contribution in [2.24, 2.45) is 11.8 Å². The highest BCUT2D eigenvalue weighted by Gasteiger charge is 2.22. The molecule has 0 radical (unpaired) electrons. The average Bonchev–Trinajstić information content (AvgIpc) is 3.12. The zero-order valence-electron chi connectivity index (χ0n) is 35.2. The summed E-state index contributed by atoms with van der Waals surface area (Å²) in [4.78, 5) is 11.8. The molecular formula is C48H96O2. The van der Waals surface area contributed by atoms with Crippen molar-refractivity contribution in [2.45, 2.75) is 290 Å². The predicted octanol–water partition coefficient (Wildman–Crippen LogP) is 17.7. The van der Waals surface area contributed by atoms with Gasteiger partial charge >= 0.3 is 5.97 Å². The van der Waals surface area contributed by atoms with Crippen LogP contribution in [0.4, 0.5) is 0 Å². The molecule has 0 aliphatic carbocycles. The Labute approximate surface area is 317 Å². The maximum Gasteiger partial charge on any atom is 0.306 e. The number of aliphatic carboxylic acids is 1. The van der Waals surface area contributed by atoms with Crippen LogP contribution in [0.15, 0.2) is 0 Å². The smallest absolute Gasteiger partial charge is 0.306 e. The van der Waals surface area contributed by atoms with Gasteiger partial charge in [-0.3, -0.25) is 4.79 Å². The van der Waals surface area contributed by atoms with Crippen LogP contribution in [0.1, 0.15) is 290 Å². The van der Waals surface area contributed by atoms with E-state index in [1.165, 1.54) is 257 Å². The third-order valence-electron chi connectivity index (χ3n) is 12.0. The molecular weight excluding hydrogens is 609 g/mol. The first-order valence-electron chi connectivity index (χ1n) is 23.9. The topological polar surface area (TPSA) is 37.3 Å². The van der Waals surface area contributed by atoms with Gasteiger partial charge in [-0.25, -0.2) is 0 Å². The van der Waals surface area contributed by atoms with E-state index in [9.17, 15) is 9.90 Å². The fourth-order valence-corrected chi connectivity index (χ4v) is 8.17. The van der Waals surface area contributed by atoms with E-state index in [1.54, 1.807) is 0 Å². The Morgan fingerprint density at radius 2 is 0.480 bits per heavy atom. The predicted molar refractivity (Wildman–Crippen MR) is 226 cm³/mol. The number of hydrogen-bond donors (Lipinski definition) is 1. The van der Waals surface area contributed by atoms with Crippen LogP contribution in [0.3, 0.4) is 0 Å². The molecule has 50 heavy (non-hydrogen) atoms.